The zero-order valence-electron chi connectivity index (χ0n) is 14.4. The number of carbonyl (C=O) groups is 1. The van der Waals surface area contributed by atoms with Crippen molar-refractivity contribution in [3.8, 4) is 11.5 Å². The average Bonchev–Trinajstić information content (AvgIpc) is 2.62. The summed E-state index contributed by atoms with van der Waals surface area (Å²) >= 11 is 0. The first-order valence-electron chi connectivity index (χ1n) is 8.57. The van der Waals surface area contributed by atoms with Crippen molar-refractivity contribution < 1.29 is 9.53 Å². The smallest absolute Gasteiger partial charge is 0.220 e. The Balaban J connectivity index is 0.00000312. The van der Waals surface area contributed by atoms with E-state index in [1.807, 2.05) is 54.6 Å². The molecule has 0 aliphatic heterocycles. The lowest BCUT2D eigenvalue weighted by Crippen LogP contribution is -2.22. The summed E-state index contributed by atoms with van der Waals surface area (Å²) in [7, 11) is 0. The standard InChI is InChI=1S/C20H26N2O2.ClH/c21-15-9-2-1-6-14-20(23)22-16-17-10-7-8-13-19(17)24-18-11-4-3-5-12-18;/h3-5,7-8,10-13H,1-2,6,9,14-16,21H2,(H,22,23);1H. The van der Waals surface area contributed by atoms with Gasteiger partial charge in [0.05, 0.1) is 0 Å². The fourth-order valence-electron chi connectivity index (χ4n) is 2.43. The number of rotatable bonds is 10. The molecule has 0 fully saturated rings. The molecule has 2 rings (SSSR count). The maximum atomic E-state index is 11.9. The number of amides is 1. The molecular formula is C20H27ClN2O2. The van der Waals surface area contributed by atoms with Crippen molar-refractivity contribution in [3.63, 3.8) is 0 Å². The largest absolute Gasteiger partial charge is 0.457 e. The average molecular weight is 363 g/mol. The molecule has 0 radical (unpaired) electrons. The van der Waals surface area contributed by atoms with Crippen LogP contribution in [-0.2, 0) is 11.3 Å². The SMILES string of the molecule is Cl.NCCCCCCC(=O)NCc1ccccc1Oc1ccccc1. The summed E-state index contributed by atoms with van der Waals surface area (Å²) in [5, 5.41) is 2.97. The number of carbonyl (C=O) groups excluding carboxylic acids is 1. The summed E-state index contributed by atoms with van der Waals surface area (Å²) in [6.07, 6.45) is 4.65. The Hall–Kier alpha value is -2.04. The van der Waals surface area contributed by atoms with Gasteiger partial charge in [0.2, 0.25) is 5.91 Å². The summed E-state index contributed by atoms with van der Waals surface area (Å²) in [6.45, 7) is 1.20. The van der Waals surface area contributed by atoms with Gasteiger partial charge in [-0.05, 0) is 37.6 Å². The molecule has 0 spiro atoms. The fraction of sp³-hybridized carbons (Fsp3) is 0.350. The second-order valence-electron chi connectivity index (χ2n) is 5.75. The van der Waals surface area contributed by atoms with E-state index in [0.29, 0.717) is 13.0 Å². The Morgan fingerprint density at radius 2 is 1.60 bits per heavy atom. The number of unbranched alkanes of at least 4 members (excludes halogenated alkanes) is 3. The number of hydrogen-bond acceptors (Lipinski definition) is 3. The van der Waals surface area contributed by atoms with Gasteiger partial charge in [-0.1, -0.05) is 49.2 Å². The lowest BCUT2D eigenvalue weighted by atomic mass is 10.1. The first kappa shape index (κ1) is 21.0. The van der Waals surface area contributed by atoms with Crippen LogP contribution in [0, 0.1) is 0 Å². The van der Waals surface area contributed by atoms with Crippen LogP contribution in [0.25, 0.3) is 0 Å². The van der Waals surface area contributed by atoms with E-state index in [1.165, 1.54) is 0 Å². The predicted molar refractivity (Wildman–Crippen MR) is 104 cm³/mol. The number of hydrogen-bond donors (Lipinski definition) is 2. The normalized spacial score (nSPS) is 9.96. The molecule has 0 unspecified atom stereocenters. The number of ether oxygens (including phenoxy) is 1. The van der Waals surface area contributed by atoms with E-state index in [9.17, 15) is 4.79 Å². The number of halogens is 1. The van der Waals surface area contributed by atoms with Crippen LogP contribution in [0.5, 0.6) is 11.5 Å². The third kappa shape index (κ3) is 8.05. The van der Waals surface area contributed by atoms with Crippen molar-refractivity contribution in [2.75, 3.05) is 6.54 Å². The Morgan fingerprint density at radius 3 is 2.36 bits per heavy atom. The summed E-state index contributed by atoms with van der Waals surface area (Å²) in [5.74, 6) is 1.64. The molecule has 0 aliphatic rings. The first-order chi connectivity index (χ1) is 11.8. The van der Waals surface area contributed by atoms with Gasteiger partial charge in [-0.25, -0.2) is 0 Å². The molecule has 25 heavy (non-hydrogen) atoms. The minimum Gasteiger partial charge on any atom is -0.457 e. The summed E-state index contributed by atoms with van der Waals surface area (Å²) in [6, 6.07) is 17.4. The summed E-state index contributed by atoms with van der Waals surface area (Å²) < 4.78 is 5.90. The van der Waals surface area contributed by atoms with Crippen LogP contribution in [0.4, 0.5) is 0 Å². The van der Waals surface area contributed by atoms with Crippen LogP contribution in [0.15, 0.2) is 54.6 Å². The highest BCUT2D eigenvalue weighted by atomic mass is 35.5. The maximum Gasteiger partial charge on any atom is 0.220 e. The van der Waals surface area contributed by atoms with Crippen LogP contribution >= 0.6 is 12.4 Å². The van der Waals surface area contributed by atoms with Crippen LogP contribution < -0.4 is 15.8 Å². The quantitative estimate of drug-likeness (QED) is 0.614. The highest BCUT2D eigenvalue weighted by molar-refractivity contribution is 5.85. The van der Waals surface area contributed by atoms with Crippen LogP contribution in [0.1, 0.15) is 37.7 Å². The molecule has 0 saturated heterocycles. The molecule has 0 aromatic heterocycles. The van der Waals surface area contributed by atoms with Crippen molar-refractivity contribution in [1.29, 1.82) is 0 Å². The minimum atomic E-state index is 0. The third-order valence-electron chi connectivity index (χ3n) is 3.78. The zero-order chi connectivity index (χ0) is 17.0. The molecule has 4 nitrogen and oxygen atoms in total. The van der Waals surface area contributed by atoms with Crippen LogP contribution in [-0.4, -0.2) is 12.5 Å². The van der Waals surface area contributed by atoms with E-state index < -0.39 is 0 Å². The second-order valence-corrected chi connectivity index (χ2v) is 5.75. The summed E-state index contributed by atoms with van der Waals surface area (Å²) in [4.78, 5) is 11.9. The minimum absolute atomic E-state index is 0. The van der Waals surface area contributed by atoms with Crippen molar-refractivity contribution in [2.24, 2.45) is 5.73 Å². The van der Waals surface area contributed by atoms with E-state index in [0.717, 1.165) is 49.3 Å². The van der Waals surface area contributed by atoms with E-state index >= 15 is 0 Å². The lowest BCUT2D eigenvalue weighted by molar-refractivity contribution is -0.121. The van der Waals surface area contributed by atoms with Crippen molar-refractivity contribution >= 4 is 18.3 Å². The Bertz CT molecular complexity index is 620. The van der Waals surface area contributed by atoms with Gasteiger partial charge in [0, 0.05) is 18.5 Å². The molecule has 2 aromatic rings. The first-order valence-corrected chi connectivity index (χ1v) is 8.57. The maximum absolute atomic E-state index is 11.9. The Kier molecular flexibility index (Phi) is 10.4. The molecule has 0 heterocycles. The van der Waals surface area contributed by atoms with Gasteiger partial charge >= 0.3 is 0 Å². The predicted octanol–water partition coefficient (Wildman–Crippen LogP) is 4.43. The van der Waals surface area contributed by atoms with E-state index in [1.54, 1.807) is 0 Å². The number of para-hydroxylation sites is 2. The molecule has 0 saturated carbocycles. The Morgan fingerprint density at radius 1 is 0.920 bits per heavy atom. The molecular weight excluding hydrogens is 336 g/mol. The highest BCUT2D eigenvalue weighted by Crippen LogP contribution is 2.24. The van der Waals surface area contributed by atoms with Gasteiger partial charge < -0.3 is 15.8 Å². The monoisotopic (exact) mass is 362 g/mol. The molecule has 0 bridgehead atoms. The molecule has 5 heteroatoms. The number of nitrogens with two attached hydrogens (primary N) is 1. The molecule has 136 valence electrons. The van der Waals surface area contributed by atoms with Gasteiger partial charge in [-0.15, -0.1) is 12.4 Å². The van der Waals surface area contributed by atoms with Gasteiger partial charge in [0.15, 0.2) is 0 Å². The molecule has 0 aliphatic carbocycles. The van der Waals surface area contributed by atoms with Crippen molar-refractivity contribution in [3.05, 3.63) is 60.2 Å². The van der Waals surface area contributed by atoms with Crippen molar-refractivity contribution in [1.82, 2.24) is 5.32 Å². The second kappa shape index (κ2) is 12.3. The topological polar surface area (TPSA) is 64.4 Å². The lowest BCUT2D eigenvalue weighted by Gasteiger charge is -2.12. The fourth-order valence-corrected chi connectivity index (χ4v) is 2.43. The van der Waals surface area contributed by atoms with Crippen LogP contribution in [0.3, 0.4) is 0 Å². The zero-order valence-corrected chi connectivity index (χ0v) is 15.3. The number of nitrogens with one attached hydrogen (secondary N) is 1. The van der Waals surface area contributed by atoms with Gasteiger partial charge in [0.1, 0.15) is 11.5 Å². The van der Waals surface area contributed by atoms with E-state index in [2.05, 4.69) is 5.32 Å². The molecule has 3 N–H and O–H groups in total. The van der Waals surface area contributed by atoms with Gasteiger partial charge in [0.25, 0.3) is 0 Å². The molecule has 1 amide bonds. The van der Waals surface area contributed by atoms with Crippen LogP contribution in [0.2, 0.25) is 0 Å². The van der Waals surface area contributed by atoms with Gasteiger partial charge in [-0.2, -0.15) is 0 Å². The number of benzene rings is 2. The highest BCUT2D eigenvalue weighted by Gasteiger charge is 2.06. The van der Waals surface area contributed by atoms with Crippen molar-refractivity contribution in [2.45, 2.75) is 38.6 Å². The third-order valence-corrected chi connectivity index (χ3v) is 3.78. The van der Waals surface area contributed by atoms with Gasteiger partial charge in [-0.3, -0.25) is 4.79 Å². The van der Waals surface area contributed by atoms with E-state index in [4.69, 9.17) is 10.5 Å². The molecule has 0 atom stereocenters. The Labute approximate surface area is 156 Å². The summed E-state index contributed by atoms with van der Waals surface area (Å²) in [5.41, 5.74) is 6.43. The molecule has 2 aromatic carbocycles. The van der Waals surface area contributed by atoms with E-state index in [-0.39, 0.29) is 18.3 Å².